The maximum Gasteiger partial charge on any atom is 0.293 e. The lowest BCUT2D eigenvalue weighted by atomic mass is 10.00. The third-order valence-electron chi connectivity index (χ3n) is 2.04. The van der Waals surface area contributed by atoms with Gasteiger partial charge in [0, 0.05) is 24.9 Å². The first-order valence-corrected chi connectivity index (χ1v) is 5.64. The number of carbonyl (C=O) groups excluding carboxylic acids is 2. The topological polar surface area (TPSA) is 55.4 Å². The van der Waals surface area contributed by atoms with E-state index in [1.807, 2.05) is 34.6 Å². The van der Waals surface area contributed by atoms with Crippen molar-refractivity contribution in [2.24, 2.45) is 0 Å². The summed E-state index contributed by atoms with van der Waals surface area (Å²) in [6.45, 7) is 10.0. The van der Waals surface area contributed by atoms with Gasteiger partial charge in [-0.25, -0.2) is 0 Å². The van der Waals surface area contributed by atoms with Crippen LogP contribution in [-0.4, -0.2) is 29.9 Å². The van der Waals surface area contributed by atoms with Crippen molar-refractivity contribution in [2.45, 2.75) is 65.1 Å². The van der Waals surface area contributed by atoms with Gasteiger partial charge in [0.25, 0.3) is 6.47 Å². The molecule has 0 saturated carbocycles. The number of rotatable bonds is 1. The molecule has 2 atom stereocenters. The van der Waals surface area contributed by atoms with Gasteiger partial charge in [0.05, 0.1) is 0 Å². The Bertz CT molecular complexity index is 221. The zero-order valence-corrected chi connectivity index (χ0v) is 10.9. The summed E-state index contributed by atoms with van der Waals surface area (Å²) in [6.07, 6.45) is 1.43. The molecule has 94 valence electrons. The molecule has 1 fully saturated rings. The fourth-order valence-corrected chi connectivity index (χ4v) is 1.51. The quantitative estimate of drug-likeness (QED) is 0.695. The molecule has 1 N–H and O–H groups in total. The van der Waals surface area contributed by atoms with Crippen LogP contribution < -0.4 is 5.32 Å². The summed E-state index contributed by atoms with van der Waals surface area (Å²) in [5.41, 5.74) is -0.318. The Morgan fingerprint density at radius 2 is 1.69 bits per heavy atom. The fraction of sp³-hybridized carbons (Fsp3) is 0.833. The van der Waals surface area contributed by atoms with Crippen molar-refractivity contribution in [1.29, 1.82) is 0 Å². The van der Waals surface area contributed by atoms with Crippen LogP contribution in [0.5, 0.6) is 0 Å². The van der Waals surface area contributed by atoms with Crippen molar-refractivity contribution in [3.05, 3.63) is 0 Å². The predicted octanol–water partition coefficient (Wildman–Crippen LogP) is 1.67. The van der Waals surface area contributed by atoms with Gasteiger partial charge in [-0.1, -0.05) is 0 Å². The van der Waals surface area contributed by atoms with Gasteiger partial charge in [0.1, 0.15) is 11.4 Å². The van der Waals surface area contributed by atoms with Crippen LogP contribution >= 0.6 is 0 Å². The minimum atomic E-state index is -0.318. The van der Waals surface area contributed by atoms with Crippen LogP contribution in [0.25, 0.3) is 0 Å². The molecule has 0 aliphatic carbocycles. The second-order valence-electron chi connectivity index (χ2n) is 5.24. The standard InChI is InChI=1S/C7H13NO.C5H10O2/c1-5-3-7(9)4-6(2)8-5;1-5(2,3)7-4-6/h5-6,8H,3-4H2,1-2H3;4H,1-3H3. The third kappa shape index (κ3) is 8.41. The summed E-state index contributed by atoms with van der Waals surface area (Å²) in [4.78, 5) is 20.4. The molecule has 0 radical (unpaired) electrons. The minimum absolute atomic E-state index is 0.318. The second kappa shape index (κ2) is 6.63. The first kappa shape index (κ1) is 15.1. The molecular weight excluding hydrogens is 206 g/mol. The van der Waals surface area contributed by atoms with E-state index in [2.05, 4.69) is 10.1 Å². The molecule has 1 aliphatic rings. The molecule has 1 rings (SSSR count). The Morgan fingerprint density at radius 3 is 1.88 bits per heavy atom. The smallest absolute Gasteiger partial charge is 0.293 e. The number of ketones is 1. The van der Waals surface area contributed by atoms with Crippen molar-refractivity contribution in [3.8, 4) is 0 Å². The average Bonchev–Trinajstić information content (AvgIpc) is 1.98. The van der Waals surface area contributed by atoms with Crippen molar-refractivity contribution >= 4 is 12.3 Å². The van der Waals surface area contributed by atoms with E-state index >= 15 is 0 Å². The van der Waals surface area contributed by atoms with Crippen LogP contribution in [-0.2, 0) is 14.3 Å². The lowest BCUT2D eigenvalue weighted by Gasteiger charge is -2.24. The molecule has 0 bridgehead atoms. The van der Waals surface area contributed by atoms with Crippen LogP contribution in [0.1, 0.15) is 47.5 Å². The van der Waals surface area contributed by atoms with Crippen LogP contribution in [0.2, 0.25) is 0 Å². The predicted molar refractivity (Wildman–Crippen MR) is 63.2 cm³/mol. The van der Waals surface area contributed by atoms with Gasteiger partial charge in [-0.15, -0.1) is 0 Å². The van der Waals surface area contributed by atoms with Gasteiger partial charge in [-0.3, -0.25) is 9.59 Å². The van der Waals surface area contributed by atoms with E-state index in [1.54, 1.807) is 0 Å². The molecule has 0 amide bonds. The van der Waals surface area contributed by atoms with Crippen LogP contribution in [0, 0.1) is 0 Å². The molecule has 4 heteroatoms. The summed E-state index contributed by atoms with van der Waals surface area (Å²) >= 11 is 0. The van der Waals surface area contributed by atoms with Crippen molar-refractivity contribution in [3.63, 3.8) is 0 Å². The normalized spacial score (nSPS) is 25.4. The maximum absolute atomic E-state index is 10.8. The highest BCUT2D eigenvalue weighted by Crippen LogP contribution is 2.07. The molecule has 0 aromatic heterocycles. The minimum Gasteiger partial charge on any atom is -0.462 e. The lowest BCUT2D eigenvalue weighted by Crippen LogP contribution is -2.42. The number of nitrogens with one attached hydrogen (secondary N) is 1. The van der Waals surface area contributed by atoms with Gasteiger partial charge in [0.15, 0.2) is 0 Å². The van der Waals surface area contributed by atoms with Gasteiger partial charge in [0.2, 0.25) is 0 Å². The maximum atomic E-state index is 10.8. The monoisotopic (exact) mass is 229 g/mol. The number of hydrogen-bond acceptors (Lipinski definition) is 4. The molecule has 1 aliphatic heterocycles. The second-order valence-corrected chi connectivity index (χ2v) is 5.24. The largest absolute Gasteiger partial charge is 0.462 e. The van der Waals surface area contributed by atoms with E-state index < -0.39 is 0 Å². The summed E-state index contributed by atoms with van der Waals surface area (Å²) in [7, 11) is 0. The van der Waals surface area contributed by atoms with Gasteiger partial charge in [-0.2, -0.15) is 0 Å². The highest BCUT2D eigenvalue weighted by molar-refractivity contribution is 5.80. The zero-order chi connectivity index (χ0) is 12.8. The highest BCUT2D eigenvalue weighted by atomic mass is 16.5. The van der Waals surface area contributed by atoms with E-state index in [9.17, 15) is 9.59 Å². The summed E-state index contributed by atoms with van der Waals surface area (Å²) < 4.78 is 4.55. The van der Waals surface area contributed by atoms with Crippen LogP contribution in [0.15, 0.2) is 0 Å². The molecule has 0 aromatic rings. The Kier molecular flexibility index (Phi) is 6.26. The van der Waals surface area contributed by atoms with E-state index in [0.717, 1.165) is 0 Å². The van der Waals surface area contributed by atoms with E-state index in [0.29, 0.717) is 37.2 Å². The lowest BCUT2D eigenvalue weighted by molar-refractivity contribution is -0.138. The average molecular weight is 229 g/mol. The van der Waals surface area contributed by atoms with E-state index in [-0.39, 0.29) is 5.60 Å². The first-order chi connectivity index (χ1) is 7.24. The Hall–Kier alpha value is -0.900. The number of hydrogen-bond donors (Lipinski definition) is 1. The van der Waals surface area contributed by atoms with Crippen LogP contribution in [0.4, 0.5) is 0 Å². The highest BCUT2D eigenvalue weighted by Gasteiger charge is 2.19. The van der Waals surface area contributed by atoms with Crippen molar-refractivity contribution < 1.29 is 14.3 Å². The third-order valence-corrected chi connectivity index (χ3v) is 2.04. The van der Waals surface area contributed by atoms with Gasteiger partial charge in [-0.05, 0) is 34.6 Å². The molecular formula is C12H23NO3. The Balaban J connectivity index is 0.000000293. The fourth-order valence-electron chi connectivity index (χ4n) is 1.51. The number of ether oxygens (including phenoxy) is 1. The summed E-state index contributed by atoms with van der Waals surface area (Å²) in [5, 5.41) is 3.29. The Labute approximate surface area is 97.7 Å². The zero-order valence-electron chi connectivity index (χ0n) is 10.9. The van der Waals surface area contributed by atoms with E-state index in [1.165, 1.54) is 0 Å². The molecule has 0 aromatic carbocycles. The number of carbonyl (C=O) groups is 2. The van der Waals surface area contributed by atoms with Crippen molar-refractivity contribution in [2.75, 3.05) is 0 Å². The van der Waals surface area contributed by atoms with Gasteiger partial charge < -0.3 is 10.1 Å². The first-order valence-electron chi connectivity index (χ1n) is 5.64. The molecule has 0 spiro atoms. The number of piperidine rings is 1. The van der Waals surface area contributed by atoms with Crippen molar-refractivity contribution in [1.82, 2.24) is 5.32 Å². The SMILES string of the molecule is CC(C)(C)OC=O.CC1CC(=O)CC(C)N1. The van der Waals surface area contributed by atoms with E-state index in [4.69, 9.17) is 0 Å². The summed E-state index contributed by atoms with van der Waals surface area (Å²) in [5.74, 6) is 0.397. The molecule has 1 heterocycles. The van der Waals surface area contributed by atoms with Crippen LogP contribution in [0.3, 0.4) is 0 Å². The Morgan fingerprint density at radius 1 is 1.25 bits per heavy atom. The molecule has 4 nitrogen and oxygen atoms in total. The number of Topliss-reactive ketones (excluding diaryl/α,β-unsaturated/α-hetero) is 1. The van der Waals surface area contributed by atoms with Gasteiger partial charge >= 0.3 is 0 Å². The molecule has 2 unspecified atom stereocenters. The molecule has 1 saturated heterocycles. The summed E-state index contributed by atoms with van der Waals surface area (Å²) in [6, 6.07) is 0.780. The molecule has 16 heavy (non-hydrogen) atoms.